The topological polar surface area (TPSA) is 143 Å². The molecule has 0 amide bonds. The highest BCUT2D eigenvalue weighted by molar-refractivity contribution is 6.06. The Balaban J connectivity index is 2.37. The van der Waals surface area contributed by atoms with E-state index in [1.165, 1.54) is 11.0 Å². The minimum absolute atomic E-state index is 0.0258. The summed E-state index contributed by atoms with van der Waals surface area (Å²) in [5.41, 5.74) is 7.36. The van der Waals surface area contributed by atoms with Crippen LogP contribution in [-0.4, -0.2) is 37.2 Å². The molecule has 0 fully saturated rings. The SMILES string of the molecule is COC(=O)C1=C(C(=O)OC)N(c2cccc(CC(=O)O)c2)C(N)=C(C#N)C1c1ccccc1. The van der Waals surface area contributed by atoms with Crippen molar-refractivity contribution in [1.29, 1.82) is 5.26 Å². The average molecular weight is 447 g/mol. The van der Waals surface area contributed by atoms with Crippen LogP contribution in [0.5, 0.6) is 0 Å². The molecular formula is C24H21N3O6. The summed E-state index contributed by atoms with van der Waals surface area (Å²) in [4.78, 5) is 38.4. The normalized spacial score (nSPS) is 15.7. The van der Waals surface area contributed by atoms with Gasteiger partial charge in [0.1, 0.15) is 11.5 Å². The van der Waals surface area contributed by atoms with Gasteiger partial charge in [0.15, 0.2) is 0 Å². The second kappa shape index (κ2) is 9.70. The predicted molar refractivity (Wildman–Crippen MR) is 117 cm³/mol. The van der Waals surface area contributed by atoms with Crippen molar-refractivity contribution in [3.8, 4) is 6.07 Å². The first kappa shape index (κ1) is 23.1. The quantitative estimate of drug-likeness (QED) is 0.637. The molecule has 1 unspecified atom stereocenters. The number of methoxy groups -OCH3 is 2. The van der Waals surface area contributed by atoms with E-state index in [2.05, 4.69) is 6.07 Å². The van der Waals surface area contributed by atoms with E-state index in [4.69, 9.17) is 20.3 Å². The smallest absolute Gasteiger partial charge is 0.355 e. The highest BCUT2D eigenvalue weighted by Crippen LogP contribution is 2.43. The number of nitrogens with two attached hydrogens (primary N) is 1. The number of rotatable bonds is 6. The molecule has 1 aliphatic heterocycles. The second-order valence-electron chi connectivity index (χ2n) is 7.08. The Kier molecular flexibility index (Phi) is 6.79. The van der Waals surface area contributed by atoms with Crippen molar-refractivity contribution in [3.63, 3.8) is 0 Å². The number of carbonyl (C=O) groups is 3. The molecule has 1 atom stereocenters. The number of nitrogens with zero attached hydrogens (tertiary/aromatic N) is 2. The Labute approximate surface area is 189 Å². The van der Waals surface area contributed by atoms with Gasteiger partial charge in [0.2, 0.25) is 0 Å². The minimum Gasteiger partial charge on any atom is -0.481 e. The lowest BCUT2D eigenvalue weighted by Crippen LogP contribution is -2.40. The van der Waals surface area contributed by atoms with E-state index >= 15 is 0 Å². The molecule has 0 spiro atoms. The lowest BCUT2D eigenvalue weighted by Gasteiger charge is -2.36. The molecule has 33 heavy (non-hydrogen) atoms. The van der Waals surface area contributed by atoms with Gasteiger partial charge in [-0.15, -0.1) is 0 Å². The van der Waals surface area contributed by atoms with E-state index in [0.717, 1.165) is 14.2 Å². The van der Waals surface area contributed by atoms with E-state index < -0.39 is 23.8 Å². The van der Waals surface area contributed by atoms with E-state index in [1.54, 1.807) is 48.5 Å². The third-order valence-corrected chi connectivity index (χ3v) is 5.13. The van der Waals surface area contributed by atoms with Crippen molar-refractivity contribution < 1.29 is 29.0 Å². The van der Waals surface area contributed by atoms with Crippen LogP contribution in [0.3, 0.4) is 0 Å². The molecule has 1 aliphatic rings. The van der Waals surface area contributed by atoms with Crippen LogP contribution in [0, 0.1) is 11.3 Å². The Morgan fingerprint density at radius 3 is 2.30 bits per heavy atom. The number of anilines is 1. The van der Waals surface area contributed by atoms with Crippen LogP contribution in [0.4, 0.5) is 5.69 Å². The van der Waals surface area contributed by atoms with Crippen LogP contribution in [0.1, 0.15) is 17.0 Å². The Bertz CT molecular complexity index is 1210. The van der Waals surface area contributed by atoms with Crippen molar-refractivity contribution in [2.24, 2.45) is 5.73 Å². The van der Waals surface area contributed by atoms with E-state index in [-0.39, 0.29) is 34.8 Å². The summed E-state index contributed by atoms with van der Waals surface area (Å²) in [5.74, 6) is -3.82. The summed E-state index contributed by atoms with van der Waals surface area (Å²) in [7, 11) is 2.32. The third-order valence-electron chi connectivity index (χ3n) is 5.13. The molecular weight excluding hydrogens is 426 g/mol. The zero-order valence-corrected chi connectivity index (χ0v) is 17.9. The monoisotopic (exact) mass is 447 g/mol. The van der Waals surface area contributed by atoms with Crippen LogP contribution in [-0.2, 0) is 30.3 Å². The van der Waals surface area contributed by atoms with E-state index in [9.17, 15) is 19.6 Å². The van der Waals surface area contributed by atoms with Crippen molar-refractivity contribution in [2.75, 3.05) is 19.1 Å². The third kappa shape index (κ3) is 4.41. The number of esters is 2. The molecule has 3 rings (SSSR count). The zero-order chi connectivity index (χ0) is 24.1. The molecule has 1 heterocycles. The lowest BCUT2D eigenvalue weighted by atomic mass is 9.81. The molecule has 9 heteroatoms. The van der Waals surface area contributed by atoms with Gasteiger partial charge in [-0.25, -0.2) is 9.59 Å². The van der Waals surface area contributed by atoms with Gasteiger partial charge >= 0.3 is 17.9 Å². The summed E-state index contributed by atoms with van der Waals surface area (Å²) >= 11 is 0. The van der Waals surface area contributed by atoms with Gasteiger partial charge in [-0.1, -0.05) is 42.5 Å². The molecule has 0 aliphatic carbocycles. The summed E-state index contributed by atoms with van der Waals surface area (Å²) < 4.78 is 9.93. The van der Waals surface area contributed by atoms with Crippen molar-refractivity contribution in [2.45, 2.75) is 12.3 Å². The van der Waals surface area contributed by atoms with Crippen LogP contribution in [0.15, 0.2) is 77.3 Å². The molecule has 3 N–H and O–H groups in total. The average Bonchev–Trinajstić information content (AvgIpc) is 2.82. The first-order valence-electron chi connectivity index (χ1n) is 9.80. The van der Waals surface area contributed by atoms with E-state index in [1.807, 2.05) is 0 Å². The summed E-state index contributed by atoms with van der Waals surface area (Å²) in [6.07, 6.45) is -0.274. The van der Waals surface area contributed by atoms with Gasteiger partial charge < -0.3 is 20.3 Å². The van der Waals surface area contributed by atoms with Crippen LogP contribution < -0.4 is 10.6 Å². The maximum absolute atomic E-state index is 13.0. The molecule has 0 radical (unpaired) electrons. The Morgan fingerprint density at radius 2 is 1.73 bits per heavy atom. The number of benzene rings is 2. The number of carboxylic acids is 1. The summed E-state index contributed by atoms with van der Waals surface area (Å²) in [5, 5.41) is 19.2. The standard InChI is InChI=1S/C24H21N3O6/c1-32-23(30)20-19(15-8-4-3-5-9-15)17(13-25)22(26)27(21(20)24(31)33-2)16-10-6-7-14(11-16)12-18(28)29/h3-11,19H,12,26H2,1-2H3,(H,28,29). The van der Waals surface area contributed by atoms with Gasteiger partial charge in [0.25, 0.3) is 0 Å². The first-order chi connectivity index (χ1) is 15.8. The molecule has 168 valence electrons. The number of aliphatic carboxylic acids is 1. The number of allylic oxidation sites excluding steroid dienone is 1. The molecule has 0 bridgehead atoms. The lowest BCUT2D eigenvalue weighted by molar-refractivity contribution is -0.139. The van der Waals surface area contributed by atoms with Gasteiger partial charge in [0.05, 0.1) is 43.8 Å². The number of nitriles is 1. The van der Waals surface area contributed by atoms with Gasteiger partial charge in [-0.2, -0.15) is 5.26 Å². The fourth-order valence-corrected chi connectivity index (χ4v) is 3.76. The maximum atomic E-state index is 13.0. The largest absolute Gasteiger partial charge is 0.481 e. The second-order valence-corrected chi connectivity index (χ2v) is 7.08. The molecule has 0 saturated heterocycles. The highest BCUT2D eigenvalue weighted by atomic mass is 16.5. The number of hydrogen-bond donors (Lipinski definition) is 2. The van der Waals surface area contributed by atoms with Crippen LogP contribution >= 0.6 is 0 Å². The summed E-state index contributed by atoms with van der Waals surface area (Å²) in [6, 6.07) is 17.0. The molecule has 0 aromatic heterocycles. The van der Waals surface area contributed by atoms with Crippen molar-refractivity contribution in [1.82, 2.24) is 0 Å². The highest BCUT2D eigenvalue weighted by Gasteiger charge is 2.42. The molecule has 2 aromatic carbocycles. The van der Waals surface area contributed by atoms with Gasteiger partial charge in [-0.3, -0.25) is 9.69 Å². The summed E-state index contributed by atoms with van der Waals surface area (Å²) in [6.45, 7) is 0. The zero-order valence-electron chi connectivity index (χ0n) is 17.9. The molecule has 9 nitrogen and oxygen atoms in total. The molecule has 2 aromatic rings. The van der Waals surface area contributed by atoms with Crippen molar-refractivity contribution >= 4 is 23.6 Å². The maximum Gasteiger partial charge on any atom is 0.355 e. The predicted octanol–water partition coefficient (Wildman–Crippen LogP) is 2.21. The number of carbonyl (C=O) groups excluding carboxylic acids is 2. The van der Waals surface area contributed by atoms with Crippen LogP contribution in [0.25, 0.3) is 0 Å². The first-order valence-corrected chi connectivity index (χ1v) is 9.80. The van der Waals surface area contributed by atoms with E-state index in [0.29, 0.717) is 11.1 Å². The number of ether oxygens (including phenoxy) is 2. The Hall–Kier alpha value is -4.58. The van der Waals surface area contributed by atoms with Gasteiger partial charge in [0, 0.05) is 5.69 Å². The Morgan fingerprint density at radius 1 is 1.06 bits per heavy atom. The fourth-order valence-electron chi connectivity index (χ4n) is 3.76. The fraction of sp³-hybridized carbons (Fsp3) is 0.167. The minimum atomic E-state index is -1.05. The van der Waals surface area contributed by atoms with Gasteiger partial charge in [-0.05, 0) is 23.3 Å². The van der Waals surface area contributed by atoms with Crippen LogP contribution in [0.2, 0.25) is 0 Å². The van der Waals surface area contributed by atoms with Crippen molar-refractivity contribution in [3.05, 3.63) is 88.4 Å². The number of carboxylic acid groups (broad SMARTS) is 1. The number of hydrogen-bond acceptors (Lipinski definition) is 8. The molecule has 0 saturated carbocycles.